The van der Waals surface area contributed by atoms with Crippen LogP contribution in [0.25, 0.3) is 0 Å². The quantitative estimate of drug-likeness (QED) is 0.564. The van der Waals surface area contributed by atoms with Crippen LogP contribution in [0.4, 0.5) is 0 Å². The van der Waals surface area contributed by atoms with E-state index in [9.17, 15) is 13.2 Å². The van der Waals surface area contributed by atoms with Gasteiger partial charge < -0.3 is 4.74 Å². The molecule has 0 spiro atoms. The van der Waals surface area contributed by atoms with E-state index in [-0.39, 0.29) is 17.1 Å². The van der Waals surface area contributed by atoms with Crippen molar-refractivity contribution >= 4 is 16.0 Å². The molecule has 0 fully saturated rings. The lowest BCUT2D eigenvalue weighted by molar-refractivity contribution is 0.0501. The first kappa shape index (κ1) is 19.1. The van der Waals surface area contributed by atoms with Crippen molar-refractivity contribution in [2.75, 3.05) is 13.2 Å². The number of sulfonamides is 1. The number of hydrogen-bond acceptors (Lipinski definition) is 5. The third-order valence-electron chi connectivity index (χ3n) is 4.47. The van der Waals surface area contributed by atoms with Crippen LogP contribution in [0, 0.1) is 11.3 Å². The lowest BCUT2D eigenvalue weighted by Crippen LogP contribution is -2.36. The van der Waals surface area contributed by atoms with Crippen molar-refractivity contribution in [2.45, 2.75) is 30.7 Å². The summed E-state index contributed by atoms with van der Waals surface area (Å²) in [7, 11) is -3.71. The SMILES string of the molecule is N#CCCCOC(=O)c1cccc(S(=O)(=O)N2CCc3ccccc3C2)c1. The molecule has 0 bridgehead atoms. The van der Waals surface area contributed by atoms with Gasteiger partial charge in [-0.25, -0.2) is 13.2 Å². The highest BCUT2D eigenvalue weighted by Crippen LogP contribution is 2.25. The van der Waals surface area contributed by atoms with Crippen molar-refractivity contribution in [3.63, 3.8) is 0 Å². The normalized spacial score (nSPS) is 14.2. The number of nitrogens with zero attached hydrogens (tertiary/aromatic N) is 2. The number of benzene rings is 2. The molecule has 2 aromatic rings. The molecule has 0 atom stereocenters. The fourth-order valence-corrected chi connectivity index (χ4v) is 4.47. The number of unbranched alkanes of at least 4 members (excludes halogenated alkanes) is 1. The first-order valence-electron chi connectivity index (χ1n) is 8.73. The molecule has 0 saturated heterocycles. The Morgan fingerprint density at radius 3 is 2.70 bits per heavy atom. The van der Waals surface area contributed by atoms with E-state index < -0.39 is 16.0 Å². The summed E-state index contributed by atoms with van der Waals surface area (Å²) in [4.78, 5) is 12.2. The Hall–Kier alpha value is -2.69. The van der Waals surface area contributed by atoms with Gasteiger partial charge in [-0.2, -0.15) is 9.57 Å². The maximum Gasteiger partial charge on any atom is 0.338 e. The molecule has 6 nitrogen and oxygen atoms in total. The third kappa shape index (κ3) is 4.35. The van der Waals surface area contributed by atoms with E-state index in [2.05, 4.69) is 0 Å². The van der Waals surface area contributed by atoms with Crippen molar-refractivity contribution in [3.05, 3.63) is 65.2 Å². The maximum atomic E-state index is 13.0. The standard InChI is InChI=1S/C20H20N2O4S/c21-11-3-4-13-26-20(23)17-8-5-9-19(14-17)27(24,25)22-12-10-16-6-1-2-7-18(16)15-22/h1-2,5-9,14H,3-4,10,12-13,15H2. The van der Waals surface area contributed by atoms with Crippen molar-refractivity contribution in [1.29, 1.82) is 5.26 Å². The van der Waals surface area contributed by atoms with Gasteiger partial charge in [0, 0.05) is 19.5 Å². The van der Waals surface area contributed by atoms with Gasteiger partial charge in [0.05, 0.1) is 23.1 Å². The summed E-state index contributed by atoms with van der Waals surface area (Å²) in [5.41, 5.74) is 2.35. The van der Waals surface area contributed by atoms with Gasteiger partial charge in [-0.05, 0) is 42.2 Å². The van der Waals surface area contributed by atoms with Crippen molar-refractivity contribution in [1.82, 2.24) is 4.31 Å². The molecule has 1 heterocycles. The summed E-state index contributed by atoms with van der Waals surface area (Å²) >= 11 is 0. The minimum absolute atomic E-state index is 0.0772. The van der Waals surface area contributed by atoms with Gasteiger partial charge in [0.1, 0.15) is 0 Å². The Labute approximate surface area is 159 Å². The van der Waals surface area contributed by atoms with Crippen LogP contribution in [0.5, 0.6) is 0 Å². The van der Waals surface area contributed by atoms with Gasteiger partial charge >= 0.3 is 5.97 Å². The molecule has 3 rings (SSSR count). The van der Waals surface area contributed by atoms with Crippen LogP contribution in [0.1, 0.15) is 34.3 Å². The number of hydrogen-bond donors (Lipinski definition) is 0. The van der Waals surface area contributed by atoms with Gasteiger partial charge in [-0.15, -0.1) is 0 Å². The second-order valence-corrected chi connectivity index (χ2v) is 8.22. The summed E-state index contributed by atoms with van der Waals surface area (Å²) in [6.45, 7) is 0.857. The van der Waals surface area contributed by atoms with Crippen LogP contribution in [-0.2, 0) is 27.7 Å². The van der Waals surface area contributed by atoms with Crippen LogP contribution in [-0.4, -0.2) is 31.8 Å². The van der Waals surface area contributed by atoms with E-state index in [0.29, 0.717) is 32.4 Å². The molecule has 0 radical (unpaired) electrons. The predicted molar refractivity (Wildman–Crippen MR) is 99.3 cm³/mol. The molecule has 0 amide bonds. The zero-order chi connectivity index (χ0) is 19.3. The monoisotopic (exact) mass is 384 g/mol. The van der Waals surface area contributed by atoms with Gasteiger partial charge in [0.2, 0.25) is 10.0 Å². The van der Waals surface area contributed by atoms with Crippen molar-refractivity contribution in [2.24, 2.45) is 0 Å². The average molecular weight is 384 g/mol. The lowest BCUT2D eigenvalue weighted by Gasteiger charge is -2.28. The highest BCUT2D eigenvalue weighted by molar-refractivity contribution is 7.89. The molecule has 0 unspecified atom stereocenters. The molecule has 0 saturated carbocycles. The molecule has 140 valence electrons. The minimum atomic E-state index is -3.71. The molecule has 2 aromatic carbocycles. The fraction of sp³-hybridized carbons (Fsp3) is 0.300. The molecule has 1 aliphatic rings. The number of ether oxygens (including phenoxy) is 1. The van der Waals surface area contributed by atoms with Crippen LogP contribution in [0.3, 0.4) is 0 Å². The minimum Gasteiger partial charge on any atom is -0.462 e. The number of fused-ring (bicyclic) bond motifs is 1. The van der Waals surface area contributed by atoms with E-state index in [4.69, 9.17) is 10.00 Å². The molecule has 0 aromatic heterocycles. The van der Waals surface area contributed by atoms with Crippen LogP contribution >= 0.6 is 0 Å². The summed E-state index contributed by atoms with van der Waals surface area (Å²) in [5, 5.41) is 8.50. The Morgan fingerprint density at radius 1 is 1.15 bits per heavy atom. The summed E-state index contributed by atoms with van der Waals surface area (Å²) in [5.74, 6) is -0.589. The lowest BCUT2D eigenvalue weighted by atomic mass is 10.0. The summed E-state index contributed by atoms with van der Waals surface area (Å²) in [6, 6.07) is 15.7. The number of carbonyl (C=O) groups excluding carboxylic acids is 1. The topological polar surface area (TPSA) is 87.5 Å². The molecular formula is C20H20N2O4S. The third-order valence-corrected chi connectivity index (χ3v) is 6.31. The first-order chi connectivity index (χ1) is 13.0. The van der Waals surface area contributed by atoms with E-state index in [1.165, 1.54) is 34.1 Å². The Morgan fingerprint density at radius 2 is 1.93 bits per heavy atom. The Balaban J connectivity index is 1.76. The van der Waals surface area contributed by atoms with Crippen LogP contribution < -0.4 is 0 Å². The number of nitriles is 1. The number of carbonyl (C=O) groups is 1. The van der Waals surface area contributed by atoms with Crippen molar-refractivity contribution < 1.29 is 17.9 Å². The highest BCUT2D eigenvalue weighted by Gasteiger charge is 2.28. The van der Waals surface area contributed by atoms with Gasteiger partial charge in [-0.1, -0.05) is 30.3 Å². The Bertz CT molecular complexity index is 979. The smallest absolute Gasteiger partial charge is 0.338 e. The van der Waals surface area contributed by atoms with Crippen LogP contribution in [0.15, 0.2) is 53.4 Å². The van der Waals surface area contributed by atoms with E-state index in [1.54, 1.807) is 0 Å². The number of rotatable bonds is 6. The molecule has 7 heteroatoms. The Kier molecular flexibility index (Phi) is 5.89. The van der Waals surface area contributed by atoms with Gasteiger partial charge in [-0.3, -0.25) is 0 Å². The second kappa shape index (κ2) is 8.33. The zero-order valence-corrected chi connectivity index (χ0v) is 15.6. The zero-order valence-electron chi connectivity index (χ0n) is 14.8. The highest BCUT2D eigenvalue weighted by atomic mass is 32.2. The van der Waals surface area contributed by atoms with Gasteiger partial charge in [0.15, 0.2) is 0 Å². The second-order valence-electron chi connectivity index (χ2n) is 6.28. The fourth-order valence-electron chi connectivity index (χ4n) is 3.01. The van der Waals surface area contributed by atoms with Crippen LogP contribution in [0.2, 0.25) is 0 Å². The summed E-state index contributed by atoms with van der Waals surface area (Å²) in [6.07, 6.45) is 1.42. The molecule has 1 aliphatic heterocycles. The van der Waals surface area contributed by atoms with E-state index in [1.807, 2.05) is 30.3 Å². The summed E-state index contributed by atoms with van der Waals surface area (Å²) < 4.78 is 32.5. The average Bonchev–Trinajstić information content (AvgIpc) is 2.70. The predicted octanol–water partition coefficient (Wildman–Crippen LogP) is 2.89. The maximum absolute atomic E-state index is 13.0. The van der Waals surface area contributed by atoms with Gasteiger partial charge in [0.25, 0.3) is 0 Å². The molecular weight excluding hydrogens is 364 g/mol. The molecule has 0 N–H and O–H groups in total. The van der Waals surface area contributed by atoms with E-state index in [0.717, 1.165) is 5.56 Å². The van der Waals surface area contributed by atoms with Crippen molar-refractivity contribution in [3.8, 4) is 6.07 Å². The first-order valence-corrected chi connectivity index (χ1v) is 10.2. The van der Waals surface area contributed by atoms with E-state index >= 15 is 0 Å². The largest absolute Gasteiger partial charge is 0.462 e. The number of esters is 1. The molecule has 0 aliphatic carbocycles. The molecule has 27 heavy (non-hydrogen) atoms.